The Labute approximate surface area is 124 Å². The highest BCUT2D eigenvalue weighted by Gasteiger charge is 2.38. The maximum atomic E-state index is 12.1. The SMILES string of the molecule is CC1CCN(CC(=O)N(C)CC(=O)NC2CC2)C1C(=O)O. The van der Waals surface area contributed by atoms with Crippen LogP contribution >= 0.6 is 0 Å². The predicted octanol–water partition coefficient (Wildman–Crippen LogP) is -0.482. The Bertz CT molecular complexity index is 436. The Morgan fingerprint density at radius 3 is 2.52 bits per heavy atom. The average molecular weight is 297 g/mol. The van der Waals surface area contributed by atoms with Crippen molar-refractivity contribution in [2.75, 3.05) is 26.7 Å². The maximum absolute atomic E-state index is 12.1. The normalized spacial score (nSPS) is 25.6. The van der Waals surface area contributed by atoms with Gasteiger partial charge in [-0.05, 0) is 31.7 Å². The van der Waals surface area contributed by atoms with Crippen LogP contribution in [-0.2, 0) is 14.4 Å². The van der Waals surface area contributed by atoms with Gasteiger partial charge in [0.2, 0.25) is 11.8 Å². The number of aliphatic carboxylic acids is 1. The first-order valence-electron chi connectivity index (χ1n) is 7.38. The number of nitrogens with one attached hydrogen (secondary N) is 1. The summed E-state index contributed by atoms with van der Waals surface area (Å²) in [7, 11) is 1.57. The van der Waals surface area contributed by atoms with E-state index in [0.29, 0.717) is 6.54 Å². The van der Waals surface area contributed by atoms with E-state index in [0.717, 1.165) is 19.3 Å². The molecule has 21 heavy (non-hydrogen) atoms. The van der Waals surface area contributed by atoms with Crippen LogP contribution in [0.3, 0.4) is 0 Å². The van der Waals surface area contributed by atoms with Gasteiger partial charge in [-0.25, -0.2) is 0 Å². The molecule has 2 rings (SSSR count). The van der Waals surface area contributed by atoms with E-state index in [1.54, 1.807) is 11.9 Å². The Balaban J connectivity index is 1.82. The fourth-order valence-electron chi connectivity index (χ4n) is 2.70. The van der Waals surface area contributed by atoms with Crippen molar-refractivity contribution in [3.8, 4) is 0 Å². The van der Waals surface area contributed by atoms with Gasteiger partial charge in [-0.15, -0.1) is 0 Å². The molecule has 2 aliphatic rings. The smallest absolute Gasteiger partial charge is 0.321 e. The second-order valence-electron chi connectivity index (χ2n) is 6.11. The fourth-order valence-corrected chi connectivity index (χ4v) is 2.70. The van der Waals surface area contributed by atoms with Gasteiger partial charge in [0.25, 0.3) is 0 Å². The monoisotopic (exact) mass is 297 g/mol. The molecule has 7 nitrogen and oxygen atoms in total. The first-order valence-corrected chi connectivity index (χ1v) is 7.38. The van der Waals surface area contributed by atoms with Crippen LogP contribution in [0.4, 0.5) is 0 Å². The summed E-state index contributed by atoms with van der Waals surface area (Å²) in [5, 5.41) is 12.1. The van der Waals surface area contributed by atoms with Crippen molar-refractivity contribution >= 4 is 17.8 Å². The molecule has 0 bridgehead atoms. The lowest BCUT2D eigenvalue weighted by atomic mass is 10.0. The number of carbonyl (C=O) groups excluding carboxylic acids is 2. The zero-order valence-corrected chi connectivity index (χ0v) is 12.5. The van der Waals surface area contributed by atoms with Crippen LogP contribution in [0, 0.1) is 5.92 Å². The van der Waals surface area contributed by atoms with Crippen LogP contribution < -0.4 is 5.32 Å². The molecule has 2 amide bonds. The highest BCUT2D eigenvalue weighted by atomic mass is 16.4. The second kappa shape index (κ2) is 6.43. The molecule has 2 unspecified atom stereocenters. The van der Waals surface area contributed by atoms with E-state index < -0.39 is 12.0 Å². The van der Waals surface area contributed by atoms with E-state index in [4.69, 9.17) is 0 Å². The summed E-state index contributed by atoms with van der Waals surface area (Å²) in [4.78, 5) is 38.1. The quantitative estimate of drug-likeness (QED) is 0.691. The van der Waals surface area contributed by atoms with Crippen molar-refractivity contribution in [2.24, 2.45) is 5.92 Å². The number of carboxylic acids is 1. The largest absolute Gasteiger partial charge is 0.480 e. The molecule has 2 atom stereocenters. The molecular formula is C14H23N3O4. The number of likely N-dealkylation sites (N-methyl/N-ethyl adjacent to an activating group) is 1. The summed E-state index contributed by atoms with van der Waals surface area (Å²) >= 11 is 0. The third-order valence-electron chi connectivity index (χ3n) is 4.14. The minimum Gasteiger partial charge on any atom is -0.480 e. The van der Waals surface area contributed by atoms with Gasteiger partial charge in [0, 0.05) is 13.1 Å². The molecule has 2 fully saturated rings. The number of rotatable bonds is 6. The predicted molar refractivity (Wildman–Crippen MR) is 75.6 cm³/mol. The van der Waals surface area contributed by atoms with Gasteiger partial charge in [0.15, 0.2) is 0 Å². The zero-order chi connectivity index (χ0) is 15.6. The van der Waals surface area contributed by atoms with Crippen LogP contribution in [0.25, 0.3) is 0 Å². The first-order chi connectivity index (χ1) is 9.88. The zero-order valence-electron chi connectivity index (χ0n) is 12.5. The van der Waals surface area contributed by atoms with Crippen molar-refractivity contribution in [3.63, 3.8) is 0 Å². The molecule has 1 heterocycles. The fraction of sp³-hybridized carbons (Fsp3) is 0.786. The van der Waals surface area contributed by atoms with Crippen LogP contribution in [0.2, 0.25) is 0 Å². The van der Waals surface area contributed by atoms with Crippen molar-refractivity contribution in [1.29, 1.82) is 0 Å². The standard InChI is InChI=1S/C14H23N3O4/c1-9-5-6-17(13(9)14(20)21)8-12(19)16(2)7-11(18)15-10-3-4-10/h9-10,13H,3-8H2,1-2H3,(H,15,18)(H,20,21). The Hall–Kier alpha value is -1.63. The number of amides is 2. The molecule has 0 aromatic rings. The molecule has 118 valence electrons. The maximum Gasteiger partial charge on any atom is 0.321 e. The third-order valence-corrected chi connectivity index (χ3v) is 4.14. The van der Waals surface area contributed by atoms with E-state index in [1.807, 2.05) is 6.92 Å². The van der Waals surface area contributed by atoms with E-state index >= 15 is 0 Å². The van der Waals surface area contributed by atoms with E-state index in [-0.39, 0.29) is 36.9 Å². The van der Waals surface area contributed by atoms with Crippen LogP contribution in [0.1, 0.15) is 26.2 Å². The molecular weight excluding hydrogens is 274 g/mol. The Kier molecular flexibility index (Phi) is 4.82. The van der Waals surface area contributed by atoms with Gasteiger partial charge in [0.1, 0.15) is 6.04 Å². The van der Waals surface area contributed by atoms with Gasteiger partial charge < -0.3 is 15.3 Å². The molecule has 1 aliphatic heterocycles. The molecule has 2 N–H and O–H groups in total. The van der Waals surface area contributed by atoms with Gasteiger partial charge in [-0.3, -0.25) is 19.3 Å². The van der Waals surface area contributed by atoms with Crippen LogP contribution in [0.5, 0.6) is 0 Å². The van der Waals surface area contributed by atoms with Crippen LogP contribution in [-0.4, -0.2) is 71.5 Å². The van der Waals surface area contributed by atoms with E-state index in [1.165, 1.54) is 4.90 Å². The summed E-state index contributed by atoms with van der Waals surface area (Å²) < 4.78 is 0. The average Bonchev–Trinajstić information content (AvgIpc) is 3.11. The minimum absolute atomic E-state index is 0.0243. The molecule has 1 saturated heterocycles. The topological polar surface area (TPSA) is 90.0 Å². The summed E-state index contributed by atoms with van der Waals surface area (Å²) in [6.45, 7) is 2.56. The highest BCUT2D eigenvalue weighted by molar-refractivity contribution is 5.86. The van der Waals surface area contributed by atoms with Crippen molar-refractivity contribution in [2.45, 2.75) is 38.3 Å². The Morgan fingerprint density at radius 1 is 1.29 bits per heavy atom. The summed E-state index contributed by atoms with van der Waals surface area (Å²) in [5.41, 5.74) is 0. The van der Waals surface area contributed by atoms with Crippen molar-refractivity contribution in [3.05, 3.63) is 0 Å². The second-order valence-corrected chi connectivity index (χ2v) is 6.11. The summed E-state index contributed by atoms with van der Waals surface area (Å²) in [5.74, 6) is -1.22. The van der Waals surface area contributed by atoms with E-state index in [2.05, 4.69) is 5.32 Å². The van der Waals surface area contributed by atoms with E-state index in [9.17, 15) is 19.5 Å². The highest BCUT2D eigenvalue weighted by Crippen LogP contribution is 2.23. The number of likely N-dealkylation sites (tertiary alicyclic amines) is 1. The summed E-state index contributed by atoms with van der Waals surface area (Å²) in [6.07, 6.45) is 2.79. The first kappa shape index (κ1) is 15.8. The Morgan fingerprint density at radius 2 is 1.95 bits per heavy atom. The third kappa shape index (κ3) is 4.17. The van der Waals surface area contributed by atoms with Crippen molar-refractivity contribution < 1.29 is 19.5 Å². The molecule has 0 aromatic heterocycles. The van der Waals surface area contributed by atoms with Gasteiger partial charge in [-0.1, -0.05) is 6.92 Å². The lowest BCUT2D eigenvalue weighted by Gasteiger charge is -2.25. The number of hydrogen-bond acceptors (Lipinski definition) is 4. The van der Waals surface area contributed by atoms with Crippen LogP contribution in [0.15, 0.2) is 0 Å². The lowest BCUT2D eigenvalue weighted by molar-refractivity contribution is -0.145. The number of carboxylic acid groups (broad SMARTS) is 1. The van der Waals surface area contributed by atoms with Gasteiger partial charge >= 0.3 is 5.97 Å². The number of hydrogen-bond donors (Lipinski definition) is 2. The summed E-state index contributed by atoms with van der Waals surface area (Å²) in [6, 6.07) is -0.334. The number of carbonyl (C=O) groups is 3. The number of nitrogens with zero attached hydrogens (tertiary/aromatic N) is 2. The minimum atomic E-state index is -0.887. The molecule has 1 saturated carbocycles. The lowest BCUT2D eigenvalue weighted by Crippen LogP contribution is -2.47. The van der Waals surface area contributed by atoms with Crippen molar-refractivity contribution in [1.82, 2.24) is 15.1 Å². The molecule has 1 aliphatic carbocycles. The van der Waals surface area contributed by atoms with Gasteiger partial charge in [0.05, 0.1) is 13.1 Å². The molecule has 0 radical (unpaired) electrons. The molecule has 0 aromatic carbocycles. The van der Waals surface area contributed by atoms with Gasteiger partial charge in [-0.2, -0.15) is 0 Å². The molecule has 7 heteroatoms. The molecule has 0 spiro atoms.